The average Bonchev–Trinajstić information content (AvgIpc) is 3.69. The molecule has 2 atom stereocenters. The molecule has 0 aromatic heterocycles. The maximum atomic E-state index is 12.0. The summed E-state index contributed by atoms with van der Waals surface area (Å²) >= 11 is 0. The quantitative estimate of drug-likeness (QED) is 0.0885. The fraction of sp³-hybridized carbons (Fsp3) is 0.274. The summed E-state index contributed by atoms with van der Waals surface area (Å²) in [6, 6.07) is 53.6. The minimum Gasteiger partial charge on any atom is -0.493 e. The Morgan fingerprint density at radius 1 is 0.527 bits per heavy atom. The number of nitriles is 2. The molecule has 0 saturated heterocycles. The topological polar surface area (TPSA) is 141 Å². The highest BCUT2D eigenvalue weighted by atomic mass is 28.3. The molecule has 8 rings (SSSR count). The van der Waals surface area contributed by atoms with Crippen molar-refractivity contribution in [2.45, 2.75) is 63.6 Å². The molecule has 0 amide bonds. The molecule has 1 heterocycles. The molecule has 2 N–H and O–H groups in total. The van der Waals surface area contributed by atoms with E-state index in [0.717, 1.165) is 25.9 Å². The zero-order valence-corrected chi connectivity index (χ0v) is 46.4. The molecule has 0 saturated carbocycles. The van der Waals surface area contributed by atoms with Crippen molar-refractivity contribution in [1.82, 2.24) is 0 Å². The third-order valence-corrected chi connectivity index (χ3v) is 26.0. The van der Waals surface area contributed by atoms with Crippen molar-refractivity contribution in [2.24, 2.45) is 16.1 Å². The minimum absolute atomic E-state index is 0.332. The van der Waals surface area contributed by atoms with Gasteiger partial charge in [0.25, 0.3) is 0 Å². The van der Waals surface area contributed by atoms with E-state index in [2.05, 4.69) is 162 Å². The molecule has 1 aliphatic heterocycles. The number of aliphatic imine (C=N–C) groups is 1. The SMILES string of the molecule is COc1cc([C@@H]2N=C3C(C#C[Si](c4ccccc4)(c4ccccc4)C(C)(C)C)=C([Si](c4ccccc4)(c4ccccc4)C(C)(C)C)C(N)=C3[C@@H](c3cc(OC)c(OC)c(OC)c3)C2(C#N)C#N)cc(OC)c1OC. The Morgan fingerprint density at radius 3 is 1.24 bits per heavy atom. The smallest absolute Gasteiger partial charge is 0.204 e. The zero-order valence-electron chi connectivity index (χ0n) is 44.4. The molecular weight excluding hydrogens is 953 g/mol. The van der Waals surface area contributed by atoms with Crippen LogP contribution in [0.4, 0.5) is 0 Å². The molecule has 0 bridgehead atoms. The molecule has 2 aliphatic rings. The van der Waals surface area contributed by atoms with Crippen LogP contribution in [0.2, 0.25) is 10.1 Å². The van der Waals surface area contributed by atoms with E-state index >= 15 is 0 Å². The first-order valence-corrected chi connectivity index (χ1v) is 28.5. The average molecular weight is 1020 g/mol. The summed E-state index contributed by atoms with van der Waals surface area (Å²) in [7, 11) is 2.57. The fourth-order valence-corrected chi connectivity index (χ4v) is 22.0. The van der Waals surface area contributed by atoms with Crippen LogP contribution in [0.1, 0.15) is 64.6 Å². The van der Waals surface area contributed by atoms with Crippen LogP contribution in [0.5, 0.6) is 34.5 Å². The predicted octanol–water partition coefficient (Wildman–Crippen LogP) is 9.78. The lowest BCUT2D eigenvalue weighted by molar-refractivity contribution is 0.316. The lowest BCUT2D eigenvalue weighted by atomic mass is 9.61. The van der Waals surface area contributed by atoms with Crippen molar-refractivity contribution in [3.63, 3.8) is 0 Å². The molecule has 0 spiro atoms. The molecule has 1 aliphatic carbocycles. The van der Waals surface area contributed by atoms with E-state index in [9.17, 15) is 10.5 Å². The van der Waals surface area contributed by atoms with Crippen molar-refractivity contribution in [2.75, 3.05) is 42.7 Å². The third-order valence-electron chi connectivity index (χ3n) is 15.0. The van der Waals surface area contributed by atoms with E-state index in [1.165, 1.54) is 28.4 Å². The van der Waals surface area contributed by atoms with Crippen LogP contribution in [0.25, 0.3) is 0 Å². The van der Waals surface area contributed by atoms with E-state index in [-0.39, 0.29) is 5.04 Å². The van der Waals surface area contributed by atoms with Gasteiger partial charge in [0.15, 0.2) is 36.5 Å². The number of allylic oxidation sites excluding steroid dienone is 3. The van der Waals surface area contributed by atoms with E-state index in [1.807, 2.05) is 24.3 Å². The van der Waals surface area contributed by atoms with Gasteiger partial charge in [-0.05, 0) is 71.4 Å². The van der Waals surface area contributed by atoms with Crippen LogP contribution in [0, 0.1) is 39.5 Å². The van der Waals surface area contributed by atoms with Crippen LogP contribution >= 0.6 is 0 Å². The number of fused-ring (bicyclic) bond motifs is 1. The van der Waals surface area contributed by atoms with Gasteiger partial charge in [-0.1, -0.05) is 169 Å². The Morgan fingerprint density at radius 2 is 0.905 bits per heavy atom. The van der Waals surface area contributed by atoms with Gasteiger partial charge in [0.2, 0.25) is 19.6 Å². The summed E-state index contributed by atoms with van der Waals surface area (Å²) < 4.78 is 35.6. The number of methoxy groups -OCH3 is 6. The summed E-state index contributed by atoms with van der Waals surface area (Å²) in [5.41, 5.74) is 13.4. The second-order valence-electron chi connectivity index (χ2n) is 20.6. The molecule has 74 heavy (non-hydrogen) atoms. The predicted molar refractivity (Wildman–Crippen MR) is 300 cm³/mol. The summed E-state index contributed by atoms with van der Waals surface area (Å²) in [4.78, 5) is 5.76. The van der Waals surface area contributed by atoms with Gasteiger partial charge < -0.3 is 34.2 Å². The van der Waals surface area contributed by atoms with Crippen molar-refractivity contribution in [1.29, 1.82) is 10.5 Å². The van der Waals surface area contributed by atoms with E-state index in [0.29, 0.717) is 68.2 Å². The number of nitrogens with two attached hydrogens (primary N) is 1. The van der Waals surface area contributed by atoms with Crippen LogP contribution in [0.3, 0.4) is 0 Å². The number of hydrogen-bond acceptors (Lipinski definition) is 10. The van der Waals surface area contributed by atoms with Crippen LogP contribution < -0.4 is 54.9 Å². The van der Waals surface area contributed by atoms with Gasteiger partial charge >= 0.3 is 0 Å². The van der Waals surface area contributed by atoms with Crippen LogP contribution in [0.15, 0.2) is 173 Å². The van der Waals surface area contributed by atoms with Crippen molar-refractivity contribution < 1.29 is 28.4 Å². The van der Waals surface area contributed by atoms with Crippen LogP contribution in [-0.4, -0.2) is 64.5 Å². The summed E-state index contributed by atoms with van der Waals surface area (Å²) in [6.45, 7) is 13.7. The van der Waals surface area contributed by atoms with Crippen molar-refractivity contribution in [3.8, 4) is 58.1 Å². The Labute approximate surface area is 438 Å². The van der Waals surface area contributed by atoms with Gasteiger partial charge in [-0.3, -0.25) is 4.99 Å². The standard InChI is InChI=1S/C62H64N4O6Si2/c1-60(2,3)73(43-25-17-13-18-26-43,44-27-19-14-20-28-44)34-33-47-55-52(54(65)58(47)74(61(4,5)6,45-29-21-15-22-30-45)46-31-23-16-24-32-46)53(41-35-48(67-7)56(71-11)49(36-41)68-8)62(39-63,40-64)59(66-55)42-37-50(69-9)57(72-12)51(38-42)70-10/h13-32,35-38,53,59H,65H2,1-12H3/t53-,59+/m1/s1. The third kappa shape index (κ3) is 8.21. The highest BCUT2D eigenvalue weighted by Gasteiger charge is 2.61. The van der Waals surface area contributed by atoms with Gasteiger partial charge in [0.1, 0.15) is 6.04 Å². The zero-order chi connectivity index (χ0) is 53.2. The Kier molecular flexibility index (Phi) is 14.5. The molecule has 6 aromatic rings. The minimum atomic E-state index is -3.49. The van der Waals surface area contributed by atoms with Gasteiger partial charge in [-0.15, -0.1) is 5.54 Å². The van der Waals surface area contributed by atoms with E-state index in [4.69, 9.17) is 39.1 Å². The normalized spacial score (nSPS) is 16.4. The second-order valence-corrected chi connectivity index (χ2v) is 29.7. The molecule has 376 valence electrons. The Bertz CT molecular complexity index is 3180. The monoisotopic (exact) mass is 1020 g/mol. The number of nitrogens with zero attached hydrogens (tertiary/aromatic N) is 3. The second kappa shape index (κ2) is 20.5. The number of benzene rings is 6. The van der Waals surface area contributed by atoms with Crippen molar-refractivity contribution in [3.05, 3.63) is 179 Å². The Balaban J connectivity index is 1.66. The van der Waals surface area contributed by atoms with Crippen molar-refractivity contribution >= 4 is 42.6 Å². The first kappa shape index (κ1) is 52.4. The number of rotatable bonds is 13. The summed E-state index contributed by atoms with van der Waals surface area (Å²) in [5.74, 6) is 4.96. The number of hydrogen-bond donors (Lipinski definition) is 1. The fourth-order valence-electron chi connectivity index (χ4n) is 11.7. The van der Waals surface area contributed by atoms with Crippen LogP contribution in [-0.2, 0) is 0 Å². The van der Waals surface area contributed by atoms with Gasteiger partial charge in [-0.25, -0.2) is 0 Å². The Hall–Kier alpha value is -7.96. The van der Waals surface area contributed by atoms with E-state index < -0.39 is 38.6 Å². The lowest BCUT2D eigenvalue weighted by Crippen LogP contribution is -2.66. The van der Waals surface area contributed by atoms with Gasteiger partial charge in [0.05, 0.1) is 66.1 Å². The molecular formula is C62H64N4O6Si2. The molecule has 0 unspecified atom stereocenters. The largest absolute Gasteiger partial charge is 0.493 e. The lowest BCUT2D eigenvalue weighted by Gasteiger charge is -2.46. The highest BCUT2D eigenvalue weighted by Crippen LogP contribution is 2.61. The van der Waals surface area contributed by atoms with Gasteiger partial charge in [-0.2, -0.15) is 10.5 Å². The van der Waals surface area contributed by atoms with Gasteiger partial charge in [0, 0.05) is 17.2 Å². The molecule has 10 nitrogen and oxygen atoms in total. The highest BCUT2D eigenvalue weighted by molar-refractivity contribution is 7.11. The molecule has 12 heteroatoms. The maximum absolute atomic E-state index is 12.0. The molecule has 0 fully saturated rings. The maximum Gasteiger partial charge on any atom is 0.204 e. The number of ether oxygens (including phenoxy) is 6. The summed E-state index contributed by atoms with van der Waals surface area (Å²) in [6.07, 6.45) is 0. The first-order valence-electron chi connectivity index (χ1n) is 24.5. The first-order chi connectivity index (χ1) is 35.5. The summed E-state index contributed by atoms with van der Waals surface area (Å²) in [5, 5.41) is 28.6. The van der Waals surface area contributed by atoms with E-state index in [1.54, 1.807) is 38.5 Å². The molecule has 0 radical (unpaired) electrons. The molecule has 6 aromatic carbocycles.